The van der Waals surface area contributed by atoms with Crippen molar-refractivity contribution in [3.8, 4) is 0 Å². The lowest BCUT2D eigenvalue weighted by Crippen LogP contribution is -2.32. The van der Waals surface area contributed by atoms with Crippen molar-refractivity contribution >= 4 is 11.7 Å². The fourth-order valence-electron chi connectivity index (χ4n) is 2.28. The van der Waals surface area contributed by atoms with Gasteiger partial charge in [0.2, 0.25) is 0 Å². The third-order valence-corrected chi connectivity index (χ3v) is 3.16. The number of anilines is 1. The summed E-state index contributed by atoms with van der Waals surface area (Å²) in [6.07, 6.45) is 2.94. The number of carbonyl (C=O) groups excluding carboxylic acids is 1. The molecule has 0 radical (unpaired) electrons. The Bertz CT molecular complexity index is 617. The van der Waals surface area contributed by atoms with E-state index in [-0.39, 0.29) is 11.7 Å². The summed E-state index contributed by atoms with van der Waals surface area (Å²) in [5.74, 6) is -0.0260. The molecule has 1 unspecified atom stereocenters. The predicted molar refractivity (Wildman–Crippen MR) is 86.4 cm³/mol. The average Bonchev–Trinajstić information content (AvgIpc) is 2.48. The number of primary amides is 1. The van der Waals surface area contributed by atoms with Gasteiger partial charge in [0.05, 0.1) is 12.4 Å². The first-order chi connectivity index (χ1) is 10.5. The van der Waals surface area contributed by atoms with E-state index in [9.17, 15) is 4.79 Å². The number of aromatic nitrogens is 2. The normalized spacial score (nSPS) is 12.1. The number of carbonyl (C=O) groups is 1. The van der Waals surface area contributed by atoms with Crippen LogP contribution in [0.25, 0.3) is 0 Å². The zero-order chi connectivity index (χ0) is 15.9. The van der Waals surface area contributed by atoms with Crippen LogP contribution in [0, 0.1) is 0 Å². The highest BCUT2D eigenvalue weighted by Gasteiger charge is 2.09. The van der Waals surface area contributed by atoms with Crippen molar-refractivity contribution in [2.45, 2.75) is 19.5 Å². The lowest BCUT2D eigenvalue weighted by Gasteiger charge is -2.22. The van der Waals surface area contributed by atoms with Crippen LogP contribution in [0.1, 0.15) is 23.0 Å². The number of nitrogens with one attached hydrogen (secondary N) is 1. The molecule has 116 valence electrons. The number of nitrogens with two attached hydrogens (primary N) is 1. The molecule has 2 rings (SSSR count). The molecule has 22 heavy (non-hydrogen) atoms. The monoisotopic (exact) mass is 299 g/mol. The summed E-state index contributed by atoms with van der Waals surface area (Å²) < 4.78 is 0. The Balaban J connectivity index is 1.88. The average molecular weight is 299 g/mol. The van der Waals surface area contributed by atoms with Crippen LogP contribution in [0.3, 0.4) is 0 Å². The Labute approximate surface area is 130 Å². The van der Waals surface area contributed by atoms with E-state index in [1.54, 1.807) is 6.20 Å². The second-order valence-corrected chi connectivity index (χ2v) is 5.38. The number of hydrogen-bond donors (Lipinski definition) is 2. The molecule has 1 heterocycles. The zero-order valence-corrected chi connectivity index (χ0v) is 12.9. The van der Waals surface area contributed by atoms with E-state index in [2.05, 4.69) is 46.3 Å². The molecule has 1 aromatic heterocycles. The largest absolute Gasteiger partial charge is 0.365 e. The first-order valence-corrected chi connectivity index (χ1v) is 7.15. The molecule has 0 fully saturated rings. The molecule has 6 nitrogen and oxygen atoms in total. The molecule has 3 N–H and O–H groups in total. The second-order valence-electron chi connectivity index (χ2n) is 5.38. The highest BCUT2D eigenvalue weighted by Crippen LogP contribution is 2.07. The molecule has 1 amide bonds. The maximum Gasteiger partial charge on any atom is 0.268 e. The SMILES string of the molecule is CC(CN(C)Cc1ccccc1)Nc1cncc(C(N)=O)n1. The minimum Gasteiger partial charge on any atom is -0.365 e. The summed E-state index contributed by atoms with van der Waals surface area (Å²) >= 11 is 0. The number of rotatable bonds is 7. The van der Waals surface area contributed by atoms with Crippen LogP contribution < -0.4 is 11.1 Å². The van der Waals surface area contributed by atoms with Gasteiger partial charge in [-0.1, -0.05) is 30.3 Å². The number of likely N-dealkylation sites (N-methyl/N-ethyl adjacent to an activating group) is 1. The molecule has 0 spiro atoms. The molecule has 0 saturated heterocycles. The molecule has 6 heteroatoms. The standard InChI is InChI=1S/C16H21N5O/c1-12(10-21(2)11-13-6-4-3-5-7-13)19-15-9-18-8-14(20-15)16(17)22/h3-9,12H,10-11H2,1-2H3,(H2,17,22)(H,19,20). The summed E-state index contributed by atoms with van der Waals surface area (Å²) in [5.41, 5.74) is 6.64. The summed E-state index contributed by atoms with van der Waals surface area (Å²) in [6.45, 7) is 3.76. The van der Waals surface area contributed by atoms with Gasteiger partial charge in [0.25, 0.3) is 5.91 Å². The van der Waals surface area contributed by atoms with Crippen LogP contribution in [0.5, 0.6) is 0 Å². The number of benzene rings is 1. The van der Waals surface area contributed by atoms with Crippen molar-refractivity contribution in [2.24, 2.45) is 5.73 Å². The van der Waals surface area contributed by atoms with Gasteiger partial charge in [-0.3, -0.25) is 9.78 Å². The first kappa shape index (κ1) is 15.9. The summed E-state index contributed by atoms with van der Waals surface area (Å²) in [7, 11) is 2.07. The van der Waals surface area contributed by atoms with E-state index in [0.29, 0.717) is 5.82 Å². The molecule has 0 bridgehead atoms. The van der Waals surface area contributed by atoms with E-state index in [0.717, 1.165) is 13.1 Å². The molecule has 2 aromatic rings. The Morgan fingerprint density at radius 2 is 2.05 bits per heavy atom. The maximum atomic E-state index is 11.1. The smallest absolute Gasteiger partial charge is 0.268 e. The van der Waals surface area contributed by atoms with E-state index >= 15 is 0 Å². The van der Waals surface area contributed by atoms with Crippen molar-refractivity contribution in [1.29, 1.82) is 0 Å². The number of hydrogen-bond acceptors (Lipinski definition) is 5. The fourth-order valence-corrected chi connectivity index (χ4v) is 2.28. The zero-order valence-electron chi connectivity index (χ0n) is 12.9. The van der Waals surface area contributed by atoms with Gasteiger partial charge in [0.1, 0.15) is 11.5 Å². The van der Waals surface area contributed by atoms with Crippen LogP contribution in [-0.2, 0) is 6.54 Å². The van der Waals surface area contributed by atoms with Gasteiger partial charge in [-0.2, -0.15) is 0 Å². The lowest BCUT2D eigenvalue weighted by atomic mass is 10.2. The predicted octanol–water partition coefficient (Wildman–Crippen LogP) is 1.51. The Morgan fingerprint density at radius 3 is 2.73 bits per heavy atom. The minimum atomic E-state index is -0.579. The molecule has 0 aliphatic heterocycles. The van der Waals surface area contributed by atoms with Gasteiger partial charge in [0, 0.05) is 19.1 Å². The number of nitrogens with zero attached hydrogens (tertiary/aromatic N) is 3. The highest BCUT2D eigenvalue weighted by molar-refractivity contribution is 5.90. The van der Waals surface area contributed by atoms with Gasteiger partial charge in [-0.15, -0.1) is 0 Å². The van der Waals surface area contributed by atoms with Gasteiger partial charge < -0.3 is 16.0 Å². The van der Waals surface area contributed by atoms with Crippen molar-refractivity contribution in [1.82, 2.24) is 14.9 Å². The molecule has 0 saturated carbocycles. The van der Waals surface area contributed by atoms with Crippen molar-refractivity contribution < 1.29 is 4.79 Å². The molecular weight excluding hydrogens is 278 g/mol. The molecule has 1 atom stereocenters. The highest BCUT2D eigenvalue weighted by atomic mass is 16.1. The van der Waals surface area contributed by atoms with Crippen molar-refractivity contribution in [3.63, 3.8) is 0 Å². The molecular formula is C16H21N5O. The van der Waals surface area contributed by atoms with E-state index in [1.165, 1.54) is 11.8 Å². The van der Waals surface area contributed by atoms with Crippen molar-refractivity contribution in [3.05, 3.63) is 54.0 Å². The summed E-state index contributed by atoms with van der Waals surface area (Å²) in [6, 6.07) is 10.5. The van der Waals surface area contributed by atoms with Gasteiger partial charge in [-0.25, -0.2) is 4.98 Å². The minimum absolute atomic E-state index is 0.158. The topological polar surface area (TPSA) is 84.1 Å². The molecule has 0 aliphatic rings. The molecule has 1 aromatic carbocycles. The third kappa shape index (κ3) is 4.82. The fraction of sp³-hybridized carbons (Fsp3) is 0.312. The quantitative estimate of drug-likeness (QED) is 0.809. The second kappa shape index (κ2) is 7.51. The summed E-state index contributed by atoms with van der Waals surface area (Å²) in [5, 5.41) is 3.23. The summed E-state index contributed by atoms with van der Waals surface area (Å²) in [4.78, 5) is 21.4. The van der Waals surface area contributed by atoms with E-state index in [4.69, 9.17) is 5.73 Å². The first-order valence-electron chi connectivity index (χ1n) is 7.15. The van der Waals surface area contributed by atoms with Crippen LogP contribution >= 0.6 is 0 Å². The van der Waals surface area contributed by atoms with Crippen LogP contribution in [0.2, 0.25) is 0 Å². The maximum absolute atomic E-state index is 11.1. The Hall–Kier alpha value is -2.47. The van der Waals surface area contributed by atoms with E-state index < -0.39 is 5.91 Å². The Kier molecular flexibility index (Phi) is 5.43. The lowest BCUT2D eigenvalue weighted by molar-refractivity contribution is 0.0995. The molecule has 0 aliphatic carbocycles. The third-order valence-electron chi connectivity index (χ3n) is 3.16. The van der Waals surface area contributed by atoms with E-state index in [1.807, 2.05) is 18.2 Å². The number of amides is 1. The van der Waals surface area contributed by atoms with Crippen molar-refractivity contribution in [2.75, 3.05) is 18.9 Å². The van der Waals surface area contributed by atoms with Gasteiger partial charge >= 0.3 is 0 Å². The van der Waals surface area contributed by atoms with Crippen LogP contribution in [0.4, 0.5) is 5.82 Å². The van der Waals surface area contributed by atoms with Gasteiger partial charge in [0.15, 0.2) is 0 Å². The van der Waals surface area contributed by atoms with Crippen LogP contribution in [0.15, 0.2) is 42.7 Å². The Morgan fingerprint density at radius 1 is 1.32 bits per heavy atom. The van der Waals surface area contributed by atoms with Gasteiger partial charge in [-0.05, 0) is 19.5 Å². The van der Waals surface area contributed by atoms with Crippen LogP contribution in [-0.4, -0.2) is 40.4 Å².